The highest BCUT2D eigenvalue weighted by molar-refractivity contribution is 5.99. The topological polar surface area (TPSA) is 183 Å². The third-order valence-corrected chi connectivity index (χ3v) is 7.12. The van der Waals surface area contributed by atoms with Crippen LogP contribution in [0.25, 0.3) is 0 Å². The minimum atomic E-state index is -1.19. The average Bonchev–Trinajstić information content (AvgIpc) is 2.96. The first-order valence-corrected chi connectivity index (χ1v) is 15.4. The van der Waals surface area contributed by atoms with Gasteiger partial charge in [0.25, 0.3) is 0 Å². The van der Waals surface area contributed by atoms with Crippen LogP contribution in [0.4, 0.5) is 16.2 Å². The van der Waals surface area contributed by atoms with Crippen molar-refractivity contribution in [1.29, 1.82) is 0 Å². The van der Waals surface area contributed by atoms with Gasteiger partial charge in [-0.1, -0.05) is 59.6 Å². The largest absolute Gasteiger partial charge is 0.497 e. The molecule has 12 heteroatoms. The zero-order chi connectivity index (χ0) is 34.4. The lowest BCUT2D eigenvalue weighted by molar-refractivity contribution is -0.143. The average molecular weight is 641 g/mol. The number of unbranched alkanes of at least 4 members (excludes halogenated alkanes) is 1. The molecule has 0 heterocycles. The summed E-state index contributed by atoms with van der Waals surface area (Å²) >= 11 is 0. The van der Waals surface area contributed by atoms with E-state index in [4.69, 9.17) is 4.74 Å². The summed E-state index contributed by atoms with van der Waals surface area (Å²) in [5.41, 5.74) is 1.48. The van der Waals surface area contributed by atoms with Gasteiger partial charge in [0, 0.05) is 17.8 Å². The summed E-state index contributed by atoms with van der Waals surface area (Å²) < 4.78 is 5.12. The van der Waals surface area contributed by atoms with Crippen molar-refractivity contribution in [2.45, 2.75) is 91.1 Å². The van der Waals surface area contributed by atoms with Gasteiger partial charge >= 0.3 is 18.0 Å². The summed E-state index contributed by atoms with van der Waals surface area (Å²) in [6.07, 6.45) is 1.58. The molecule has 3 atom stereocenters. The Kier molecular flexibility index (Phi) is 14.5. The Morgan fingerprint density at radius 3 is 1.67 bits per heavy atom. The van der Waals surface area contributed by atoms with Crippen molar-refractivity contribution in [2.24, 2.45) is 11.3 Å². The van der Waals surface area contributed by atoms with Crippen LogP contribution in [-0.2, 0) is 19.2 Å². The molecule has 0 radical (unpaired) electrons. The molecular weight excluding hydrogens is 592 g/mol. The number of nitrogens with one attached hydrogen (secondary N) is 4. The summed E-state index contributed by atoms with van der Waals surface area (Å²) in [5.74, 6) is -2.96. The summed E-state index contributed by atoms with van der Waals surface area (Å²) in [4.78, 5) is 61.7. The molecule has 46 heavy (non-hydrogen) atoms. The molecule has 0 saturated heterocycles. The predicted molar refractivity (Wildman–Crippen MR) is 176 cm³/mol. The molecule has 0 spiro atoms. The van der Waals surface area contributed by atoms with Crippen molar-refractivity contribution in [3.8, 4) is 5.75 Å². The second-order valence-corrected chi connectivity index (χ2v) is 13.0. The van der Waals surface area contributed by atoms with Crippen LogP contribution in [0.5, 0.6) is 5.75 Å². The van der Waals surface area contributed by atoms with E-state index in [1.807, 2.05) is 34.6 Å². The van der Waals surface area contributed by atoms with Gasteiger partial charge in [-0.15, -0.1) is 0 Å². The van der Waals surface area contributed by atoms with Crippen molar-refractivity contribution in [3.63, 3.8) is 0 Å². The normalized spacial score (nSPS) is 13.2. The molecule has 3 unspecified atom stereocenters. The quantitative estimate of drug-likeness (QED) is 0.121. The lowest BCUT2D eigenvalue weighted by Crippen LogP contribution is -2.43. The number of carboxylic acids is 2. The number of anilines is 2. The molecule has 6 N–H and O–H groups in total. The maximum absolute atomic E-state index is 13.4. The number of carbonyl (C=O) groups is 5. The lowest BCUT2D eigenvalue weighted by atomic mass is 9.89. The highest BCUT2D eigenvalue weighted by atomic mass is 16.5. The number of carboxylic acid groups (broad SMARTS) is 2. The number of amides is 4. The Bertz CT molecular complexity index is 1320. The molecule has 0 aliphatic heterocycles. The molecule has 4 amide bonds. The van der Waals surface area contributed by atoms with E-state index in [9.17, 15) is 34.2 Å². The number of ether oxygens (including phenoxy) is 1. The number of rotatable bonds is 17. The van der Waals surface area contributed by atoms with Gasteiger partial charge < -0.3 is 36.2 Å². The molecule has 0 saturated carbocycles. The van der Waals surface area contributed by atoms with Crippen LogP contribution >= 0.6 is 0 Å². The molecule has 2 aromatic carbocycles. The van der Waals surface area contributed by atoms with Gasteiger partial charge in [0.15, 0.2) is 0 Å². The van der Waals surface area contributed by atoms with Crippen LogP contribution in [0.3, 0.4) is 0 Å². The maximum Gasteiger partial charge on any atom is 0.326 e. The van der Waals surface area contributed by atoms with Gasteiger partial charge in [0.1, 0.15) is 17.8 Å². The number of methoxy groups -OCH3 is 1. The molecule has 2 rings (SSSR count). The zero-order valence-corrected chi connectivity index (χ0v) is 27.5. The van der Waals surface area contributed by atoms with E-state index in [0.29, 0.717) is 42.0 Å². The van der Waals surface area contributed by atoms with Crippen LogP contribution in [0, 0.1) is 11.3 Å². The minimum absolute atomic E-state index is 0.101. The molecule has 0 fully saturated rings. The van der Waals surface area contributed by atoms with Gasteiger partial charge in [-0.3, -0.25) is 9.59 Å². The molecule has 0 aromatic heterocycles. The number of benzene rings is 2. The van der Waals surface area contributed by atoms with E-state index >= 15 is 0 Å². The first-order chi connectivity index (χ1) is 21.6. The van der Waals surface area contributed by atoms with Crippen LogP contribution < -0.4 is 26.0 Å². The number of hydrogen-bond acceptors (Lipinski definition) is 6. The SMILES string of the molecule is COc1ccc(NC(=O)Nc2ccc(C(CC(C)C)C(=O)NC(CCCCC(NC(=O)CC(C)(C)C)C(=O)O)C(=O)O)cc2)cc1. The second kappa shape index (κ2) is 17.8. The third kappa shape index (κ3) is 13.6. The Morgan fingerprint density at radius 2 is 1.24 bits per heavy atom. The van der Waals surface area contributed by atoms with E-state index in [0.717, 1.165) is 0 Å². The monoisotopic (exact) mass is 640 g/mol. The summed E-state index contributed by atoms with van der Waals surface area (Å²) in [6, 6.07) is 11.0. The van der Waals surface area contributed by atoms with Crippen molar-refractivity contribution in [2.75, 3.05) is 17.7 Å². The van der Waals surface area contributed by atoms with E-state index in [1.165, 1.54) is 0 Å². The van der Waals surface area contributed by atoms with Crippen molar-refractivity contribution < 1.29 is 38.9 Å². The molecule has 0 aliphatic carbocycles. The predicted octanol–water partition coefficient (Wildman–Crippen LogP) is 5.60. The first kappa shape index (κ1) is 37.6. The van der Waals surface area contributed by atoms with Crippen molar-refractivity contribution in [1.82, 2.24) is 10.6 Å². The zero-order valence-electron chi connectivity index (χ0n) is 27.5. The summed E-state index contributed by atoms with van der Waals surface area (Å²) in [6.45, 7) is 9.58. The second-order valence-electron chi connectivity index (χ2n) is 13.0. The number of carbonyl (C=O) groups excluding carboxylic acids is 3. The first-order valence-electron chi connectivity index (χ1n) is 15.4. The van der Waals surface area contributed by atoms with E-state index in [2.05, 4.69) is 21.3 Å². The summed E-state index contributed by atoms with van der Waals surface area (Å²) in [7, 11) is 1.56. The van der Waals surface area contributed by atoms with E-state index in [-0.39, 0.29) is 36.5 Å². The molecule has 0 bridgehead atoms. The molecule has 12 nitrogen and oxygen atoms in total. The molecule has 0 aliphatic rings. The molecule has 252 valence electrons. The molecular formula is C34H48N4O8. The van der Waals surface area contributed by atoms with Crippen molar-refractivity contribution >= 4 is 41.2 Å². The van der Waals surface area contributed by atoms with Gasteiger partial charge in [0.2, 0.25) is 11.8 Å². The van der Waals surface area contributed by atoms with Crippen LogP contribution in [0.2, 0.25) is 0 Å². The van der Waals surface area contributed by atoms with E-state index in [1.54, 1.807) is 55.6 Å². The fraction of sp³-hybridized carbons (Fsp3) is 0.500. The third-order valence-electron chi connectivity index (χ3n) is 7.12. The Morgan fingerprint density at radius 1 is 0.761 bits per heavy atom. The fourth-order valence-electron chi connectivity index (χ4n) is 4.84. The standard InChI is InChI=1S/C34H48N4O8/c1-21(2)19-26(22-11-13-23(14-12-22)35-33(45)36-24-15-17-25(46-6)18-16-24)30(40)38-28(32(43)44)10-8-7-9-27(31(41)42)37-29(39)20-34(3,4)5/h11-18,21,26-28H,7-10,19-20H2,1-6H3,(H,37,39)(H,38,40)(H,41,42)(H,43,44)(H2,35,36,45). The van der Waals surface area contributed by atoms with Crippen LogP contribution in [0.1, 0.15) is 84.6 Å². The minimum Gasteiger partial charge on any atom is -0.497 e. The van der Waals surface area contributed by atoms with Crippen LogP contribution in [0.15, 0.2) is 48.5 Å². The summed E-state index contributed by atoms with van der Waals surface area (Å²) in [5, 5.41) is 30.0. The van der Waals surface area contributed by atoms with Gasteiger partial charge in [0.05, 0.1) is 13.0 Å². The number of hydrogen-bond donors (Lipinski definition) is 6. The molecule has 2 aromatic rings. The van der Waals surface area contributed by atoms with E-state index < -0.39 is 41.9 Å². The van der Waals surface area contributed by atoms with Gasteiger partial charge in [-0.2, -0.15) is 0 Å². The Hall–Kier alpha value is -4.61. The smallest absolute Gasteiger partial charge is 0.326 e. The van der Waals surface area contributed by atoms with Crippen molar-refractivity contribution in [3.05, 3.63) is 54.1 Å². The number of aliphatic carboxylic acids is 2. The van der Waals surface area contributed by atoms with Gasteiger partial charge in [-0.25, -0.2) is 14.4 Å². The highest BCUT2D eigenvalue weighted by Crippen LogP contribution is 2.26. The fourth-order valence-corrected chi connectivity index (χ4v) is 4.84. The highest BCUT2D eigenvalue weighted by Gasteiger charge is 2.28. The number of urea groups is 1. The maximum atomic E-state index is 13.4. The Balaban J connectivity index is 1.98. The van der Waals surface area contributed by atoms with Gasteiger partial charge in [-0.05, 0) is 72.6 Å². The lowest BCUT2D eigenvalue weighted by Gasteiger charge is -2.23. The van der Waals surface area contributed by atoms with Crippen LogP contribution in [-0.4, -0.2) is 59.2 Å². The Labute approximate surface area is 270 Å².